The van der Waals surface area contributed by atoms with Crippen LogP contribution in [0.25, 0.3) is 71.5 Å². The van der Waals surface area contributed by atoms with Gasteiger partial charge in [-0.15, -0.1) is 10.2 Å². The number of para-hydroxylation sites is 1. The molecule has 8 rings (SSSR count). The highest BCUT2D eigenvalue weighted by Gasteiger charge is 2.20. The Hall–Kier alpha value is -5.16. The minimum Gasteiger partial charge on any atom is -0.290 e. The molecule has 0 radical (unpaired) electrons. The molecule has 0 spiro atoms. The zero-order valence-corrected chi connectivity index (χ0v) is 19.7. The molecule has 5 aromatic carbocycles. The number of hydrogen-bond acceptors (Lipinski definition) is 4. The third-order valence-corrected chi connectivity index (χ3v) is 7.15. The second kappa shape index (κ2) is 7.67. The first-order valence-electron chi connectivity index (χ1n) is 12.2. The Kier molecular flexibility index (Phi) is 4.16. The summed E-state index contributed by atoms with van der Waals surface area (Å²) >= 11 is 0. The maximum absolute atomic E-state index is 4.80. The number of hydrogen-bond donors (Lipinski definition) is 0. The third-order valence-electron chi connectivity index (χ3n) is 7.15. The van der Waals surface area contributed by atoms with E-state index in [9.17, 15) is 0 Å². The van der Waals surface area contributed by atoms with Crippen LogP contribution in [-0.2, 0) is 0 Å². The minimum atomic E-state index is 0.675. The lowest BCUT2D eigenvalue weighted by Gasteiger charge is -2.11. The fourth-order valence-corrected chi connectivity index (χ4v) is 5.43. The van der Waals surface area contributed by atoms with Crippen LogP contribution in [0.1, 0.15) is 0 Å². The number of rotatable bonds is 2. The highest BCUT2D eigenvalue weighted by atomic mass is 15.2. The highest BCUT2D eigenvalue weighted by molar-refractivity contribution is 6.14. The van der Waals surface area contributed by atoms with E-state index in [0.29, 0.717) is 5.82 Å². The van der Waals surface area contributed by atoms with E-state index in [-0.39, 0.29) is 0 Å². The summed E-state index contributed by atoms with van der Waals surface area (Å²) in [7, 11) is 0. The van der Waals surface area contributed by atoms with E-state index in [1.54, 1.807) is 12.4 Å². The molecule has 0 bridgehead atoms. The van der Waals surface area contributed by atoms with E-state index in [4.69, 9.17) is 20.2 Å². The zero-order valence-electron chi connectivity index (χ0n) is 19.7. The quantitative estimate of drug-likeness (QED) is 0.261. The van der Waals surface area contributed by atoms with Gasteiger partial charge in [0.1, 0.15) is 16.7 Å². The smallest absolute Gasteiger partial charge is 0.188 e. The van der Waals surface area contributed by atoms with Gasteiger partial charge in [-0.25, -0.2) is 4.98 Å². The van der Waals surface area contributed by atoms with Gasteiger partial charge in [0.15, 0.2) is 5.82 Å². The monoisotopic (exact) mass is 473 g/mol. The SMILES string of the molecule is c1ccc2cc(-c3nnc(-n4c5ccccc5c5cc6ccccc6cc54)c4nccnc34)ccc2c1. The van der Waals surface area contributed by atoms with Crippen molar-refractivity contribution in [3.8, 4) is 17.1 Å². The molecule has 0 saturated carbocycles. The van der Waals surface area contributed by atoms with Gasteiger partial charge in [0.25, 0.3) is 0 Å². The van der Waals surface area contributed by atoms with Crippen molar-refractivity contribution in [2.24, 2.45) is 0 Å². The van der Waals surface area contributed by atoms with Gasteiger partial charge < -0.3 is 0 Å². The van der Waals surface area contributed by atoms with E-state index in [2.05, 4.69) is 95.6 Å². The minimum absolute atomic E-state index is 0.675. The van der Waals surface area contributed by atoms with Crippen LogP contribution in [0.2, 0.25) is 0 Å². The molecule has 0 atom stereocenters. The lowest BCUT2D eigenvalue weighted by molar-refractivity contribution is 0.965. The van der Waals surface area contributed by atoms with E-state index in [0.717, 1.165) is 38.7 Å². The highest BCUT2D eigenvalue weighted by Crippen LogP contribution is 2.36. The van der Waals surface area contributed by atoms with Crippen molar-refractivity contribution in [2.75, 3.05) is 0 Å². The molecule has 0 aliphatic rings. The molecule has 0 saturated heterocycles. The molecular weight excluding hydrogens is 454 g/mol. The molecule has 3 aromatic heterocycles. The molecule has 0 N–H and O–H groups in total. The first-order valence-corrected chi connectivity index (χ1v) is 12.2. The number of aromatic nitrogens is 5. The molecule has 37 heavy (non-hydrogen) atoms. The van der Waals surface area contributed by atoms with Gasteiger partial charge in [0.05, 0.1) is 11.0 Å². The first-order chi connectivity index (χ1) is 18.3. The van der Waals surface area contributed by atoms with Gasteiger partial charge in [0.2, 0.25) is 0 Å². The van der Waals surface area contributed by atoms with Crippen molar-refractivity contribution < 1.29 is 0 Å². The molecule has 172 valence electrons. The van der Waals surface area contributed by atoms with E-state index in [1.807, 2.05) is 12.1 Å². The van der Waals surface area contributed by atoms with Gasteiger partial charge >= 0.3 is 0 Å². The lowest BCUT2D eigenvalue weighted by atomic mass is 10.0. The van der Waals surface area contributed by atoms with Crippen LogP contribution < -0.4 is 0 Å². The standard InChI is InChI=1S/C32H19N5/c1-2-8-21-17-24(14-13-20(21)7-1)29-30-31(34-16-15-33-30)32(36-35-29)37-27-12-6-5-11-25(27)26-18-22-9-3-4-10-23(22)19-28(26)37/h1-19H. The second-order valence-corrected chi connectivity index (χ2v) is 9.26. The normalized spacial score (nSPS) is 11.8. The van der Waals surface area contributed by atoms with Crippen LogP contribution in [-0.4, -0.2) is 24.7 Å². The fraction of sp³-hybridized carbons (Fsp3) is 0. The topological polar surface area (TPSA) is 56.5 Å². The molecule has 0 fully saturated rings. The van der Waals surface area contributed by atoms with Crippen molar-refractivity contribution in [3.05, 3.63) is 116 Å². The summed E-state index contributed by atoms with van der Waals surface area (Å²) in [6.45, 7) is 0. The lowest BCUT2D eigenvalue weighted by Crippen LogP contribution is -2.04. The van der Waals surface area contributed by atoms with Crippen molar-refractivity contribution in [2.45, 2.75) is 0 Å². The molecule has 0 unspecified atom stereocenters. The van der Waals surface area contributed by atoms with Crippen LogP contribution >= 0.6 is 0 Å². The second-order valence-electron chi connectivity index (χ2n) is 9.26. The van der Waals surface area contributed by atoms with E-state index in [1.165, 1.54) is 26.9 Å². The summed E-state index contributed by atoms with van der Waals surface area (Å²) in [5.74, 6) is 0.675. The summed E-state index contributed by atoms with van der Waals surface area (Å²) in [4.78, 5) is 9.52. The van der Waals surface area contributed by atoms with Gasteiger partial charge in [-0.1, -0.05) is 78.9 Å². The maximum atomic E-state index is 4.80. The van der Waals surface area contributed by atoms with Crippen molar-refractivity contribution in [1.29, 1.82) is 0 Å². The Bertz CT molecular complexity index is 2160. The molecular formula is C32H19N5. The summed E-state index contributed by atoms with van der Waals surface area (Å²) in [5.41, 5.74) is 5.28. The fourth-order valence-electron chi connectivity index (χ4n) is 5.43. The average molecular weight is 474 g/mol. The van der Waals surface area contributed by atoms with Crippen LogP contribution in [0, 0.1) is 0 Å². The van der Waals surface area contributed by atoms with E-state index >= 15 is 0 Å². The molecule has 0 aliphatic carbocycles. The largest absolute Gasteiger partial charge is 0.290 e. The first kappa shape index (κ1) is 20.1. The number of nitrogens with zero attached hydrogens (tertiary/aromatic N) is 5. The van der Waals surface area contributed by atoms with Crippen molar-refractivity contribution in [1.82, 2.24) is 24.7 Å². The van der Waals surface area contributed by atoms with E-state index < -0.39 is 0 Å². The Morgan fingerprint density at radius 2 is 1.16 bits per heavy atom. The number of fused-ring (bicyclic) bond motifs is 6. The van der Waals surface area contributed by atoms with Gasteiger partial charge in [-0.3, -0.25) is 9.55 Å². The molecule has 0 aliphatic heterocycles. The van der Waals surface area contributed by atoms with Crippen molar-refractivity contribution >= 4 is 54.4 Å². The molecule has 8 aromatic rings. The zero-order chi connectivity index (χ0) is 24.3. The maximum Gasteiger partial charge on any atom is 0.188 e. The van der Waals surface area contributed by atoms with Gasteiger partial charge in [-0.2, -0.15) is 0 Å². The molecule has 5 heteroatoms. The van der Waals surface area contributed by atoms with Gasteiger partial charge in [-0.05, 0) is 45.8 Å². The predicted octanol–water partition coefficient (Wildman–Crippen LogP) is 7.49. The molecule has 3 heterocycles. The van der Waals surface area contributed by atoms with Crippen LogP contribution in [0.15, 0.2) is 116 Å². The average Bonchev–Trinajstić information content (AvgIpc) is 3.28. The Balaban J connectivity index is 1.45. The summed E-state index contributed by atoms with van der Waals surface area (Å²) < 4.78 is 2.17. The Morgan fingerprint density at radius 3 is 2.00 bits per heavy atom. The summed E-state index contributed by atoms with van der Waals surface area (Å²) in [5, 5.41) is 16.6. The molecule has 5 nitrogen and oxygen atoms in total. The number of benzene rings is 5. The summed E-state index contributed by atoms with van der Waals surface area (Å²) in [6, 6.07) is 36.0. The Labute approximate surface area is 211 Å². The van der Waals surface area contributed by atoms with Gasteiger partial charge in [0, 0.05) is 28.7 Å². The summed E-state index contributed by atoms with van der Waals surface area (Å²) in [6.07, 6.45) is 3.44. The van der Waals surface area contributed by atoms with Crippen molar-refractivity contribution in [3.63, 3.8) is 0 Å². The van der Waals surface area contributed by atoms with Crippen LogP contribution in [0.3, 0.4) is 0 Å². The predicted molar refractivity (Wildman–Crippen MR) is 150 cm³/mol. The van der Waals surface area contributed by atoms with Crippen LogP contribution in [0.5, 0.6) is 0 Å². The van der Waals surface area contributed by atoms with Crippen LogP contribution in [0.4, 0.5) is 0 Å². The Morgan fingerprint density at radius 1 is 0.486 bits per heavy atom. The third kappa shape index (κ3) is 2.98. The molecule has 0 amide bonds.